The van der Waals surface area contributed by atoms with E-state index in [1.165, 1.54) is 18.2 Å². The van der Waals surface area contributed by atoms with Gasteiger partial charge in [0.05, 0.1) is 12.3 Å². The van der Waals surface area contributed by atoms with Crippen LogP contribution in [0.5, 0.6) is 0 Å². The summed E-state index contributed by atoms with van der Waals surface area (Å²) >= 11 is 0. The Hall–Kier alpha value is -2.42. The molecule has 0 saturated heterocycles. The van der Waals surface area contributed by atoms with Gasteiger partial charge in [-0.3, -0.25) is 4.68 Å². The lowest BCUT2D eigenvalue weighted by Gasteiger charge is -2.16. The first kappa shape index (κ1) is 21.9. The number of hydrogen-bond donors (Lipinski definition) is 2. The third kappa shape index (κ3) is 7.67. The Morgan fingerprint density at radius 1 is 1.32 bits per heavy atom. The normalized spacial score (nSPS) is 13.4. The summed E-state index contributed by atoms with van der Waals surface area (Å²) in [6.07, 6.45) is 4.83. The zero-order chi connectivity index (χ0) is 20.6. The van der Waals surface area contributed by atoms with Crippen molar-refractivity contribution in [2.75, 3.05) is 19.3 Å². The van der Waals surface area contributed by atoms with Gasteiger partial charge >= 0.3 is 0 Å². The highest BCUT2D eigenvalue weighted by Gasteiger charge is 2.11. The third-order valence-electron chi connectivity index (χ3n) is 4.01. The van der Waals surface area contributed by atoms with Gasteiger partial charge in [0.15, 0.2) is 15.8 Å². The maximum atomic E-state index is 13.6. The predicted octanol–water partition coefficient (Wildman–Crippen LogP) is 1.96. The number of guanidine groups is 1. The van der Waals surface area contributed by atoms with Gasteiger partial charge in [0.2, 0.25) is 0 Å². The molecular formula is C19H28FN5O2S. The van der Waals surface area contributed by atoms with E-state index < -0.39 is 15.7 Å². The van der Waals surface area contributed by atoms with Crippen LogP contribution >= 0.6 is 0 Å². The van der Waals surface area contributed by atoms with Crippen LogP contribution in [0.2, 0.25) is 0 Å². The zero-order valence-corrected chi connectivity index (χ0v) is 17.3. The third-order valence-corrected chi connectivity index (χ3v) is 4.85. The number of nitrogens with zero attached hydrogens (tertiary/aromatic N) is 3. The summed E-state index contributed by atoms with van der Waals surface area (Å²) in [6, 6.07) is 6.01. The van der Waals surface area contributed by atoms with Gasteiger partial charge in [-0.25, -0.2) is 17.8 Å². The first-order valence-electron chi connectivity index (χ1n) is 9.21. The molecule has 2 aromatic rings. The van der Waals surface area contributed by atoms with Gasteiger partial charge in [-0.05, 0) is 42.2 Å². The fraction of sp³-hybridized carbons (Fsp3) is 0.474. The van der Waals surface area contributed by atoms with Crippen molar-refractivity contribution in [2.45, 2.75) is 32.7 Å². The van der Waals surface area contributed by atoms with Gasteiger partial charge in [-0.1, -0.05) is 13.0 Å². The largest absolute Gasteiger partial charge is 0.357 e. The summed E-state index contributed by atoms with van der Waals surface area (Å²) in [4.78, 5) is 4.49. The fourth-order valence-corrected chi connectivity index (χ4v) is 3.58. The maximum absolute atomic E-state index is 13.6. The summed E-state index contributed by atoms with van der Waals surface area (Å²) in [5, 5.41) is 10.6. The monoisotopic (exact) mass is 409 g/mol. The van der Waals surface area contributed by atoms with E-state index in [0.717, 1.165) is 12.8 Å². The summed E-state index contributed by atoms with van der Waals surface area (Å²) in [7, 11) is -3.22. The van der Waals surface area contributed by atoms with E-state index in [4.69, 9.17) is 0 Å². The van der Waals surface area contributed by atoms with Crippen LogP contribution in [0.4, 0.5) is 4.39 Å². The van der Waals surface area contributed by atoms with Crippen LogP contribution in [0.3, 0.4) is 0 Å². The standard InChI is InChI=1S/C19H28FN5O2S/c1-4-21-19(22-11-15(2)13-25-9-5-8-24-25)23-12-17-10-18(20)7-6-16(17)14-28(3,26)27/h5-10,15H,4,11-14H2,1-3H3,(H2,21,22,23). The Morgan fingerprint density at radius 2 is 2.11 bits per heavy atom. The average molecular weight is 410 g/mol. The van der Waals surface area contributed by atoms with E-state index in [1.54, 1.807) is 6.20 Å². The van der Waals surface area contributed by atoms with Gasteiger partial charge in [0, 0.05) is 38.3 Å². The van der Waals surface area contributed by atoms with E-state index in [2.05, 4.69) is 27.6 Å². The number of halogens is 1. The van der Waals surface area contributed by atoms with Crippen LogP contribution in [0.15, 0.2) is 41.7 Å². The van der Waals surface area contributed by atoms with Crippen molar-refractivity contribution in [1.82, 2.24) is 20.4 Å². The molecule has 0 aliphatic rings. The van der Waals surface area contributed by atoms with Gasteiger partial charge < -0.3 is 10.6 Å². The molecule has 1 heterocycles. The minimum absolute atomic E-state index is 0.136. The molecule has 154 valence electrons. The molecule has 0 bridgehead atoms. The summed E-state index contributed by atoms with van der Waals surface area (Å²) in [5.41, 5.74) is 1.13. The van der Waals surface area contributed by atoms with Crippen molar-refractivity contribution in [1.29, 1.82) is 0 Å². The maximum Gasteiger partial charge on any atom is 0.191 e. The molecule has 28 heavy (non-hydrogen) atoms. The smallest absolute Gasteiger partial charge is 0.191 e. The molecule has 0 spiro atoms. The van der Waals surface area contributed by atoms with E-state index >= 15 is 0 Å². The molecule has 1 atom stereocenters. The molecule has 7 nitrogen and oxygen atoms in total. The van der Waals surface area contributed by atoms with E-state index in [0.29, 0.717) is 36.1 Å². The van der Waals surface area contributed by atoms with Crippen molar-refractivity contribution in [3.05, 3.63) is 53.6 Å². The number of nitrogens with one attached hydrogen (secondary N) is 2. The van der Waals surface area contributed by atoms with Crippen LogP contribution in [-0.2, 0) is 28.7 Å². The second-order valence-electron chi connectivity index (χ2n) is 6.89. The molecule has 2 rings (SSSR count). The molecule has 1 unspecified atom stereocenters. The molecule has 9 heteroatoms. The molecule has 0 fully saturated rings. The lowest BCUT2D eigenvalue weighted by atomic mass is 10.1. The molecule has 0 amide bonds. The molecule has 0 radical (unpaired) electrons. The second kappa shape index (κ2) is 10.2. The Balaban J connectivity index is 2.04. The van der Waals surface area contributed by atoms with E-state index in [-0.39, 0.29) is 12.3 Å². The Kier molecular flexibility index (Phi) is 7.98. The average Bonchev–Trinajstić information content (AvgIpc) is 3.11. The highest BCUT2D eigenvalue weighted by Crippen LogP contribution is 2.15. The lowest BCUT2D eigenvalue weighted by molar-refractivity contribution is 0.443. The van der Waals surface area contributed by atoms with Crippen molar-refractivity contribution in [3.63, 3.8) is 0 Å². The minimum Gasteiger partial charge on any atom is -0.357 e. The SMILES string of the molecule is CCNC(=NCc1cc(F)ccc1CS(C)(=O)=O)NCC(C)Cn1cccn1. The summed E-state index contributed by atoms with van der Waals surface area (Å²) < 4.78 is 38.8. The van der Waals surface area contributed by atoms with Crippen molar-refractivity contribution < 1.29 is 12.8 Å². The highest BCUT2D eigenvalue weighted by atomic mass is 32.2. The zero-order valence-electron chi connectivity index (χ0n) is 16.5. The van der Waals surface area contributed by atoms with Gasteiger partial charge in [0.25, 0.3) is 0 Å². The van der Waals surface area contributed by atoms with Crippen molar-refractivity contribution >= 4 is 15.8 Å². The lowest BCUT2D eigenvalue weighted by Crippen LogP contribution is -2.40. The molecule has 0 saturated carbocycles. The minimum atomic E-state index is -3.22. The van der Waals surface area contributed by atoms with Crippen LogP contribution in [0.1, 0.15) is 25.0 Å². The number of sulfone groups is 1. The molecule has 0 aliphatic carbocycles. The van der Waals surface area contributed by atoms with Crippen molar-refractivity contribution in [3.8, 4) is 0 Å². The Morgan fingerprint density at radius 3 is 2.75 bits per heavy atom. The number of rotatable bonds is 9. The molecule has 0 aliphatic heterocycles. The number of aliphatic imine (C=N–C) groups is 1. The van der Waals surface area contributed by atoms with Crippen molar-refractivity contribution in [2.24, 2.45) is 10.9 Å². The van der Waals surface area contributed by atoms with E-state index in [1.807, 2.05) is 23.9 Å². The topological polar surface area (TPSA) is 88.4 Å². The summed E-state index contributed by atoms with van der Waals surface area (Å²) in [5.74, 6) is 0.375. The molecular weight excluding hydrogens is 381 g/mol. The molecule has 2 N–H and O–H groups in total. The molecule has 1 aromatic heterocycles. The van der Waals surface area contributed by atoms with Crippen LogP contribution < -0.4 is 10.6 Å². The van der Waals surface area contributed by atoms with Crippen LogP contribution in [-0.4, -0.2) is 43.5 Å². The first-order chi connectivity index (χ1) is 13.3. The number of benzene rings is 1. The fourth-order valence-electron chi connectivity index (χ4n) is 2.73. The highest BCUT2D eigenvalue weighted by molar-refractivity contribution is 7.89. The van der Waals surface area contributed by atoms with Gasteiger partial charge in [-0.2, -0.15) is 5.10 Å². The van der Waals surface area contributed by atoms with Gasteiger partial charge in [0.1, 0.15) is 5.82 Å². The van der Waals surface area contributed by atoms with Crippen LogP contribution in [0, 0.1) is 11.7 Å². The second-order valence-corrected chi connectivity index (χ2v) is 9.03. The first-order valence-corrected chi connectivity index (χ1v) is 11.3. The summed E-state index contributed by atoms with van der Waals surface area (Å²) in [6.45, 7) is 6.40. The predicted molar refractivity (Wildman–Crippen MR) is 109 cm³/mol. The van der Waals surface area contributed by atoms with E-state index in [9.17, 15) is 12.8 Å². The number of hydrogen-bond acceptors (Lipinski definition) is 4. The Labute approximate surface area is 166 Å². The number of aromatic nitrogens is 2. The Bertz CT molecular complexity index is 882. The van der Waals surface area contributed by atoms with Crippen LogP contribution in [0.25, 0.3) is 0 Å². The molecule has 1 aromatic carbocycles. The van der Waals surface area contributed by atoms with Gasteiger partial charge in [-0.15, -0.1) is 0 Å². The quantitative estimate of drug-likeness (QED) is 0.488.